The standard InChI is InChI=1S/C13H18N2O2/c1-9(2)15-13(16)10-3-4-12-11(7-10)8-14-5-6-17-12/h3-4,7,9,14H,5-6,8H2,1-2H3,(H,15,16). The molecule has 0 atom stereocenters. The predicted molar refractivity (Wildman–Crippen MR) is 66.2 cm³/mol. The summed E-state index contributed by atoms with van der Waals surface area (Å²) in [4.78, 5) is 11.9. The summed E-state index contributed by atoms with van der Waals surface area (Å²) in [6.07, 6.45) is 0. The lowest BCUT2D eigenvalue weighted by Gasteiger charge is -2.11. The first kappa shape index (κ1) is 11.9. The minimum Gasteiger partial charge on any atom is -0.492 e. The summed E-state index contributed by atoms with van der Waals surface area (Å²) in [7, 11) is 0. The summed E-state index contributed by atoms with van der Waals surface area (Å²) in [5.41, 5.74) is 1.73. The molecule has 0 saturated heterocycles. The Kier molecular flexibility index (Phi) is 3.64. The van der Waals surface area contributed by atoms with Gasteiger partial charge in [-0.15, -0.1) is 0 Å². The molecule has 0 unspecified atom stereocenters. The molecule has 4 nitrogen and oxygen atoms in total. The van der Waals surface area contributed by atoms with Crippen molar-refractivity contribution in [2.24, 2.45) is 0 Å². The summed E-state index contributed by atoms with van der Waals surface area (Å²) in [5, 5.41) is 6.13. The maximum atomic E-state index is 11.9. The third kappa shape index (κ3) is 2.97. The van der Waals surface area contributed by atoms with E-state index in [2.05, 4.69) is 10.6 Å². The molecule has 1 aliphatic rings. The number of nitrogens with one attached hydrogen (secondary N) is 2. The Labute approximate surface area is 101 Å². The lowest BCUT2D eigenvalue weighted by molar-refractivity contribution is 0.0943. The van der Waals surface area contributed by atoms with Gasteiger partial charge in [-0.2, -0.15) is 0 Å². The molecule has 0 saturated carbocycles. The molecule has 0 radical (unpaired) electrons. The van der Waals surface area contributed by atoms with Gasteiger partial charge in [0.05, 0.1) is 0 Å². The minimum absolute atomic E-state index is 0.0351. The molecule has 0 aromatic heterocycles. The normalized spacial score (nSPS) is 14.8. The molecule has 0 fully saturated rings. The van der Waals surface area contributed by atoms with Gasteiger partial charge < -0.3 is 15.4 Å². The Morgan fingerprint density at radius 2 is 2.29 bits per heavy atom. The topological polar surface area (TPSA) is 50.4 Å². The van der Waals surface area contributed by atoms with E-state index in [-0.39, 0.29) is 11.9 Å². The van der Waals surface area contributed by atoms with E-state index in [9.17, 15) is 4.79 Å². The Balaban J connectivity index is 2.20. The third-order valence-electron chi connectivity index (χ3n) is 2.59. The van der Waals surface area contributed by atoms with Crippen LogP contribution in [0.15, 0.2) is 18.2 Å². The van der Waals surface area contributed by atoms with E-state index in [1.807, 2.05) is 32.0 Å². The fourth-order valence-corrected chi connectivity index (χ4v) is 1.80. The Hall–Kier alpha value is -1.55. The molecule has 1 aliphatic heterocycles. The molecule has 0 aliphatic carbocycles. The third-order valence-corrected chi connectivity index (χ3v) is 2.59. The average Bonchev–Trinajstić information content (AvgIpc) is 2.51. The molecule has 17 heavy (non-hydrogen) atoms. The van der Waals surface area contributed by atoms with Crippen molar-refractivity contribution < 1.29 is 9.53 Å². The van der Waals surface area contributed by atoms with Gasteiger partial charge in [0.25, 0.3) is 5.91 Å². The van der Waals surface area contributed by atoms with Gasteiger partial charge in [0, 0.05) is 30.3 Å². The second-order valence-electron chi connectivity index (χ2n) is 4.48. The van der Waals surface area contributed by atoms with Crippen molar-refractivity contribution in [3.8, 4) is 5.75 Å². The largest absolute Gasteiger partial charge is 0.492 e. The van der Waals surface area contributed by atoms with Crippen molar-refractivity contribution in [3.05, 3.63) is 29.3 Å². The predicted octanol–water partition coefficient (Wildman–Crippen LogP) is 1.31. The van der Waals surface area contributed by atoms with Gasteiger partial charge in [-0.05, 0) is 32.0 Å². The summed E-state index contributed by atoms with van der Waals surface area (Å²) < 4.78 is 5.57. The van der Waals surface area contributed by atoms with Crippen LogP contribution in [-0.2, 0) is 6.54 Å². The number of hydrogen-bond acceptors (Lipinski definition) is 3. The van der Waals surface area contributed by atoms with Crippen LogP contribution in [0.1, 0.15) is 29.8 Å². The lowest BCUT2D eigenvalue weighted by atomic mass is 10.1. The van der Waals surface area contributed by atoms with Crippen molar-refractivity contribution in [2.75, 3.05) is 13.2 Å². The smallest absolute Gasteiger partial charge is 0.251 e. The molecule has 1 aromatic rings. The second-order valence-corrected chi connectivity index (χ2v) is 4.48. The lowest BCUT2D eigenvalue weighted by Crippen LogP contribution is -2.30. The Morgan fingerprint density at radius 3 is 3.06 bits per heavy atom. The van der Waals surface area contributed by atoms with Gasteiger partial charge in [-0.1, -0.05) is 0 Å². The molecule has 0 spiro atoms. The van der Waals surface area contributed by atoms with E-state index in [0.29, 0.717) is 12.2 Å². The van der Waals surface area contributed by atoms with Crippen molar-refractivity contribution in [1.82, 2.24) is 10.6 Å². The van der Waals surface area contributed by atoms with Gasteiger partial charge in [-0.3, -0.25) is 4.79 Å². The van der Waals surface area contributed by atoms with Crippen LogP contribution in [0.4, 0.5) is 0 Å². The zero-order valence-electron chi connectivity index (χ0n) is 10.2. The molecule has 2 rings (SSSR count). The van der Waals surface area contributed by atoms with Gasteiger partial charge >= 0.3 is 0 Å². The molecular formula is C13H18N2O2. The van der Waals surface area contributed by atoms with Crippen molar-refractivity contribution >= 4 is 5.91 Å². The number of carbonyl (C=O) groups is 1. The maximum Gasteiger partial charge on any atom is 0.251 e. The molecule has 1 heterocycles. The number of benzene rings is 1. The van der Waals surface area contributed by atoms with Gasteiger partial charge in [0.1, 0.15) is 12.4 Å². The first-order valence-electron chi connectivity index (χ1n) is 5.94. The SMILES string of the molecule is CC(C)NC(=O)c1ccc2c(c1)CNCCO2. The van der Waals surface area contributed by atoms with Crippen LogP contribution in [0.3, 0.4) is 0 Å². The second kappa shape index (κ2) is 5.19. The van der Waals surface area contributed by atoms with Gasteiger partial charge in [0.2, 0.25) is 0 Å². The fraction of sp³-hybridized carbons (Fsp3) is 0.462. The molecule has 0 bridgehead atoms. The maximum absolute atomic E-state index is 11.9. The summed E-state index contributed by atoms with van der Waals surface area (Å²) in [5.74, 6) is 0.836. The van der Waals surface area contributed by atoms with Gasteiger partial charge in [0.15, 0.2) is 0 Å². The van der Waals surface area contributed by atoms with Crippen LogP contribution in [0.2, 0.25) is 0 Å². The van der Waals surface area contributed by atoms with Crippen molar-refractivity contribution in [2.45, 2.75) is 26.4 Å². The number of ether oxygens (including phenoxy) is 1. The van der Waals surface area contributed by atoms with Crippen LogP contribution in [0, 0.1) is 0 Å². The number of fused-ring (bicyclic) bond motifs is 1. The van der Waals surface area contributed by atoms with Crippen LogP contribution in [0.25, 0.3) is 0 Å². The first-order valence-corrected chi connectivity index (χ1v) is 5.94. The van der Waals surface area contributed by atoms with E-state index in [1.54, 1.807) is 0 Å². The minimum atomic E-state index is -0.0351. The highest BCUT2D eigenvalue weighted by Gasteiger charge is 2.12. The Bertz CT molecular complexity index is 416. The molecule has 4 heteroatoms. The summed E-state index contributed by atoms with van der Waals surface area (Å²) in [6.45, 7) is 6.16. The summed E-state index contributed by atoms with van der Waals surface area (Å²) in [6, 6.07) is 5.72. The number of amides is 1. The van der Waals surface area contributed by atoms with E-state index in [0.717, 1.165) is 24.4 Å². The van der Waals surface area contributed by atoms with E-state index >= 15 is 0 Å². The van der Waals surface area contributed by atoms with Crippen molar-refractivity contribution in [1.29, 1.82) is 0 Å². The number of carbonyl (C=O) groups excluding carboxylic acids is 1. The summed E-state index contributed by atoms with van der Waals surface area (Å²) >= 11 is 0. The van der Waals surface area contributed by atoms with E-state index in [4.69, 9.17) is 4.74 Å². The zero-order chi connectivity index (χ0) is 12.3. The van der Waals surface area contributed by atoms with Gasteiger partial charge in [-0.25, -0.2) is 0 Å². The molecule has 1 aromatic carbocycles. The molecule has 2 N–H and O–H groups in total. The quantitative estimate of drug-likeness (QED) is 0.811. The number of rotatable bonds is 2. The highest BCUT2D eigenvalue weighted by molar-refractivity contribution is 5.94. The van der Waals surface area contributed by atoms with E-state index < -0.39 is 0 Å². The molecule has 1 amide bonds. The van der Waals surface area contributed by atoms with Crippen LogP contribution < -0.4 is 15.4 Å². The number of hydrogen-bond donors (Lipinski definition) is 2. The molecular weight excluding hydrogens is 216 g/mol. The van der Waals surface area contributed by atoms with Crippen LogP contribution >= 0.6 is 0 Å². The molecule has 92 valence electrons. The van der Waals surface area contributed by atoms with Crippen LogP contribution in [-0.4, -0.2) is 25.1 Å². The Morgan fingerprint density at radius 1 is 1.47 bits per heavy atom. The van der Waals surface area contributed by atoms with Crippen LogP contribution in [0.5, 0.6) is 5.75 Å². The zero-order valence-corrected chi connectivity index (χ0v) is 10.2. The highest BCUT2D eigenvalue weighted by Crippen LogP contribution is 2.21. The van der Waals surface area contributed by atoms with Crippen molar-refractivity contribution in [3.63, 3.8) is 0 Å². The fourth-order valence-electron chi connectivity index (χ4n) is 1.80. The monoisotopic (exact) mass is 234 g/mol. The highest BCUT2D eigenvalue weighted by atomic mass is 16.5. The van der Waals surface area contributed by atoms with E-state index in [1.165, 1.54) is 0 Å². The first-order chi connectivity index (χ1) is 8.16. The average molecular weight is 234 g/mol.